The molecule has 1 atom stereocenters. The summed E-state index contributed by atoms with van der Waals surface area (Å²) in [6.45, 7) is -0.0396. The number of hydrogen-bond donors (Lipinski definition) is 2. The number of carbonyl (C=O) groups is 1. The topological polar surface area (TPSA) is 76.4 Å². The molecule has 0 saturated heterocycles. The van der Waals surface area contributed by atoms with Crippen LogP contribution in [0, 0.1) is 5.82 Å². The van der Waals surface area contributed by atoms with Crippen LogP contribution in [-0.2, 0) is 0 Å². The van der Waals surface area contributed by atoms with Gasteiger partial charge in [0.25, 0.3) is 5.91 Å². The van der Waals surface area contributed by atoms with E-state index in [0.29, 0.717) is 22.6 Å². The molecular weight excluding hydrogens is 337 g/mol. The summed E-state index contributed by atoms with van der Waals surface area (Å²) in [4.78, 5) is 12.3. The van der Waals surface area contributed by atoms with Crippen molar-refractivity contribution in [2.24, 2.45) is 0 Å². The summed E-state index contributed by atoms with van der Waals surface area (Å²) in [6.07, 6.45) is 2.00. The Labute approximate surface area is 149 Å². The van der Waals surface area contributed by atoms with Gasteiger partial charge in [0.2, 0.25) is 0 Å². The normalized spacial score (nSPS) is 11.8. The third-order valence-corrected chi connectivity index (χ3v) is 3.87. The van der Waals surface area contributed by atoms with Gasteiger partial charge in [-0.3, -0.25) is 4.79 Å². The first-order valence-electron chi connectivity index (χ1n) is 7.98. The van der Waals surface area contributed by atoms with Crippen LogP contribution in [0.15, 0.2) is 60.9 Å². The van der Waals surface area contributed by atoms with E-state index in [2.05, 4.69) is 10.4 Å². The zero-order valence-corrected chi connectivity index (χ0v) is 14.1. The Morgan fingerprint density at radius 1 is 1.31 bits per heavy atom. The van der Waals surface area contributed by atoms with Gasteiger partial charge < -0.3 is 15.2 Å². The highest BCUT2D eigenvalue weighted by Gasteiger charge is 2.14. The second kappa shape index (κ2) is 7.79. The van der Waals surface area contributed by atoms with Crippen molar-refractivity contribution in [2.75, 3.05) is 13.7 Å². The van der Waals surface area contributed by atoms with Gasteiger partial charge in [0, 0.05) is 12.7 Å². The second-order valence-electron chi connectivity index (χ2n) is 5.63. The van der Waals surface area contributed by atoms with Crippen molar-refractivity contribution in [1.82, 2.24) is 15.1 Å². The van der Waals surface area contributed by atoms with E-state index in [-0.39, 0.29) is 12.5 Å². The van der Waals surface area contributed by atoms with Crippen molar-refractivity contribution in [2.45, 2.75) is 6.10 Å². The third-order valence-electron chi connectivity index (χ3n) is 3.87. The highest BCUT2D eigenvalue weighted by Crippen LogP contribution is 2.21. The van der Waals surface area contributed by atoms with E-state index in [1.54, 1.807) is 25.4 Å². The molecule has 0 radical (unpaired) electrons. The van der Waals surface area contributed by atoms with Gasteiger partial charge >= 0.3 is 0 Å². The Bertz CT molecular complexity index is 910. The van der Waals surface area contributed by atoms with Gasteiger partial charge in [0.1, 0.15) is 17.3 Å². The summed E-state index contributed by atoms with van der Waals surface area (Å²) in [5, 5.41) is 16.9. The van der Waals surface area contributed by atoms with E-state index in [9.17, 15) is 14.3 Å². The van der Waals surface area contributed by atoms with Gasteiger partial charge in [0.05, 0.1) is 25.0 Å². The molecule has 0 aliphatic heterocycles. The van der Waals surface area contributed by atoms with E-state index < -0.39 is 11.9 Å². The molecule has 0 saturated carbocycles. The number of aliphatic hydroxyl groups excluding tert-OH is 1. The fourth-order valence-electron chi connectivity index (χ4n) is 2.51. The van der Waals surface area contributed by atoms with Gasteiger partial charge in [-0.2, -0.15) is 5.10 Å². The highest BCUT2D eigenvalue weighted by atomic mass is 19.1. The van der Waals surface area contributed by atoms with Crippen LogP contribution in [0.3, 0.4) is 0 Å². The number of aromatic nitrogens is 2. The fraction of sp³-hybridized carbons (Fsp3) is 0.158. The molecule has 1 aromatic heterocycles. The maximum absolute atomic E-state index is 13.2. The minimum atomic E-state index is -1.00. The third kappa shape index (κ3) is 3.89. The molecule has 2 aromatic carbocycles. The van der Waals surface area contributed by atoms with Gasteiger partial charge in [0.15, 0.2) is 0 Å². The summed E-state index contributed by atoms with van der Waals surface area (Å²) < 4.78 is 20.0. The van der Waals surface area contributed by atoms with Crippen LogP contribution >= 0.6 is 0 Å². The molecule has 2 N–H and O–H groups in total. The number of halogens is 1. The fourth-order valence-corrected chi connectivity index (χ4v) is 2.51. The second-order valence-corrected chi connectivity index (χ2v) is 5.63. The standard InChI is InChI=1S/C19H18FN3O3/c1-26-18-8-3-2-7-16(18)23-12-14(10-22-23)19(25)21-11-17(24)13-5-4-6-15(20)9-13/h2-10,12,17,24H,11H2,1H3,(H,21,25)/t17-/m1/s1. The molecule has 134 valence electrons. The Morgan fingerprint density at radius 2 is 2.12 bits per heavy atom. The lowest BCUT2D eigenvalue weighted by atomic mass is 10.1. The van der Waals surface area contributed by atoms with Crippen LogP contribution in [-0.4, -0.2) is 34.4 Å². The number of hydrogen-bond acceptors (Lipinski definition) is 4. The number of methoxy groups -OCH3 is 1. The number of rotatable bonds is 6. The zero-order chi connectivity index (χ0) is 18.5. The van der Waals surface area contributed by atoms with Crippen molar-refractivity contribution < 1.29 is 19.0 Å². The summed E-state index contributed by atoms with van der Waals surface area (Å²) in [5.41, 5.74) is 1.44. The van der Waals surface area contributed by atoms with Crippen molar-refractivity contribution in [1.29, 1.82) is 0 Å². The Balaban J connectivity index is 1.67. The number of ether oxygens (including phenoxy) is 1. The maximum Gasteiger partial charge on any atom is 0.254 e. The first-order chi connectivity index (χ1) is 12.6. The molecule has 1 amide bonds. The van der Waals surface area contributed by atoms with E-state index >= 15 is 0 Å². The van der Waals surface area contributed by atoms with Gasteiger partial charge in [-0.1, -0.05) is 24.3 Å². The molecule has 0 fully saturated rings. The minimum Gasteiger partial charge on any atom is -0.494 e. The van der Waals surface area contributed by atoms with E-state index in [0.717, 1.165) is 0 Å². The number of nitrogens with one attached hydrogen (secondary N) is 1. The number of aliphatic hydroxyl groups is 1. The minimum absolute atomic E-state index is 0.0396. The molecule has 0 aliphatic carbocycles. The van der Waals surface area contributed by atoms with Crippen molar-refractivity contribution >= 4 is 5.91 Å². The predicted molar refractivity (Wildman–Crippen MR) is 93.8 cm³/mol. The molecule has 0 aliphatic rings. The SMILES string of the molecule is COc1ccccc1-n1cc(C(=O)NC[C@@H](O)c2cccc(F)c2)cn1. The monoisotopic (exact) mass is 355 g/mol. The number of para-hydroxylation sites is 2. The molecule has 0 unspecified atom stereocenters. The molecule has 26 heavy (non-hydrogen) atoms. The van der Waals surface area contributed by atoms with Crippen LogP contribution in [0.2, 0.25) is 0 Å². The average Bonchev–Trinajstić information content (AvgIpc) is 3.16. The molecule has 7 heteroatoms. The predicted octanol–water partition coefficient (Wildman–Crippen LogP) is 2.48. The lowest BCUT2D eigenvalue weighted by Crippen LogP contribution is -2.28. The lowest BCUT2D eigenvalue weighted by Gasteiger charge is -2.11. The number of benzene rings is 2. The van der Waals surface area contributed by atoms with Gasteiger partial charge in [-0.25, -0.2) is 9.07 Å². The first-order valence-corrected chi connectivity index (χ1v) is 7.98. The van der Waals surface area contributed by atoms with E-state index in [1.807, 2.05) is 18.2 Å². The van der Waals surface area contributed by atoms with Gasteiger partial charge in [-0.05, 0) is 29.8 Å². The van der Waals surface area contributed by atoms with Crippen LogP contribution in [0.5, 0.6) is 5.75 Å². The number of amides is 1. The number of nitrogens with zero attached hydrogens (tertiary/aromatic N) is 2. The smallest absolute Gasteiger partial charge is 0.254 e. The lowest BCUT2D eigenvalue weighted by molar-refractivity contribution is 0.0916. The average molecular weight is 355 g/mol. The summed E-state index contributed by atoms with van der Waals surface area (Å²) in [7, 11) is 1.56. The quantitative estimate of drug-likeness (QED) is 0.712. The summed E-state index contributed by atoms with van der Waals surface area (Å²) >= 11 is 0. The highest BCUT2D eigenvalue weighted by molar-refractivity contribution is 5.93. The molecule has 0 spiro atoms. The Hall–Kier alpha value is -3.19. The molecule has 0 bridgehead atoms. The zero-order valence-electron chi connectivity index (χ0n) is 14.1. The van der Waals surface area contributed by atoms with Crippen molar-refractivity contribution in [3.63, 3.8) is 0 Å². The van der Waals surface area contributed by atoms with Crippen molar-refractivity contribution in [3.05, 3.63) is 77.9 Å². The van der Waals surface area contributed by atoms with Crippen LogP contribution < -0.4 is 10.1 Å². The van der Waals surface area contributed by atoms with Crippen LogP contribution in [0.1, 0.15) is 22.0 Å². The van der Waals surface area contributed by atoms with Crippen LogP contribution in [0.4, 0.5) is 4.39 Å². The molecule has 3 rings (SSSR count). The van der Waals surface area contributed by atoms with E-state index in [1.165, 1.54) is 29.1 Å². The molecule has 3 aromatic rings. The van der Waals surface area contributed by atoms with Gasteiger partial charge in [-0.15, -0.1) is 0 Å². The number of carbonyl (C=O) groups excluding carboxylic acids is 1. The largest absolute Gasteiger partial charge is 0.494 e. The summed E-state index contributed by atoms with van der Waals surface area (Å²) in [5.74, 6) is -0.198. The maximum atomic E-state index is 13.2. The summed E-state index contributed by atoms with van der Waals surface area (Å²) in [6, 6.07) is 12.9. The Kier molecular flexibility index (Phi) is 5.28. The van der Waals surface area contributed by atoms with Crippen molar-refractivity contribution in [3.8, 4) is 11.4 Å². The Morgan fingerprint density at radius 3 is 2.88 bits per heavy atom. The van der Waals surface area contributed by atoms with Crippen LogP contribution in [0.25, 0.3) is 5.69 Å². The molecular formula is C19H18FN3O3. The molecule has 6 nitrogen and oxygen atoms in total. The first kappa shape index (κ1) is 17.6. The van der Waals surface area contributed by atoms with E-state index in [4.69, 9.17) is 4.74 Å². The molecule has 1 heterocycles.